The number of halogens is 1. The van der Waals surface area contributed by atoms with Crippen molar-refractivity contribution in [3.05, 3.63) is 35.9 Å². The van der Waals surface area contributed by atoms with E-state index in [1.165, 1.54) is 12.1 Å². The largest absolute Gasteiger partial charge is 0.379 e. The van der Waals surface area contributed by atoms with Crippen molar-refractivity contribution in [2.75, 3.05) is 32.8 Å². The van der Waals surface area contributed by atoms with Gasteiger partial charge < -0.3 is 15.0 Å². The highest BCUT2D eigenvalue weighted by molar-refractivity contribution is 5.52. The second-order valence-corrected chi connectivity index (χ2v) is 4.99. The molecular formula is C14H17FN4O2. The van der Waals surface area contributed by atoms with Gasteiger partial charge in [-0.25, -0.2) is 4.39 Å². The van der Waals surface area contributed by atoms with Crippen molar-refractivity contribution in [2.24, 2.45) is 5.73 Å². The van der Waals surface area contributed by atoms with E-state index >= 15 is 0 Å². The molecule has 2 heterocycles. The summed E-state index contributed by atoms with van der Waals surface area (Å²) in [5.41, 5.74) is 6.65. The summed E-state index contributed by atoms with van der Waals surface area (Å²) in [5.74, 6) is 0.368. The molecular weight excluding hydrogens is 275 g/mol. The summed E-state index contributed by atoms with van der Waals surface area (Å²) in [6.45, 7) is 3.77. The van der Waals surface area contributed by atoms with Crippen LogP contribution in [-0.4, -0.2) is 47.9 Å². The highest BCUT2D eigenvalue weighted by Crippen LogP contribution is 2.20. The average Bonchev–Trinajstić information content (AvgIpc) is 2.98. The number of hydrogen-bond acceptors (Lipinski definition) is 6. The first-order valence-electron chi connectivity index (χ1n) is 6.87. The van der Waals surface area contributed by atoms with Crippen molar-refractivity contribution < 1.29 is 13.7 Å². The lowest BCUT2D eigenvalue weighted by Gasteiger charge is -2.27. The molecule has 1 aromatic carbocycles. The number of nitrogens with two attached hydrogens (primary N) is 1. The average molecular weight is 292 g/mol. The topological polar surface area (TPSA) is 77.4 Å². The van der Waals surface area contributed by atoms with Gasteiger partial charge in [0.25, 0.3) is 5.89 Å². The van der Waals surface area contributed by atoms with E-state index in [0.29, 0.717) is 31.1 Å². The van der Waals surface area contributed by atoms with Crippen molar-refractivity contribution in [2.45, 2.75) is 6.04 Å². The van der Waals surface area contributed by atoms with Gasteiger partial charge in [0.05, 0.1) is 19.3 Å². The van der Waals surface area contributed by atoms with Crippen LogP contribution in [-0.2, 0) is 4.74 Å². The summed E-state index contributed by atoms with van der Waals surface area (Å²) in [6.07, 6.45) is 0. The Balaban J connectivity index is 1.69. The van der Waals surface area contributed by atoms with Gasteiger partial charge in [0.2, 0.25) is 0 Å². The van der Waals surface area contributed by atoms with Crippen LogP contribution in [0.2, 0.25) is 0 Å². The number of aromatic nitrogens is 2. The molecule has 0 spiro atoms. The molecule has 1 fully saturated rings. The van der Waals surface area contributed by atoms with Crippen LogP contribution >= 0.6 is 0 Å². The number of benzene rings is 1. The molecule has 2 aromatic rings. The first-order chi connectivity index (χ1) is 10.2. The van der Waals surface area contributed by atoms with Gasteiger partial charge in [0.1, 0.15) is 5.82 Å². The quantitative estimate of drug-likeness (QED) is 0.912. The Labute approximate surface area is 121 Å². The van der Waals surface area contributed by atoms with Gasteiger partial charge in [-0.05, 0) is 18.2 Å². The van der Waals surface area contributed by atoms with Crippen molar-refractivity contribution in [1.82, 2.24) is 15.0 Å². The van der Waals surface area contributed by atoms with Crippen molar-refractivity contribution >= 4 is 0 Å². The fraction of sp³-hybridized carbons (Fsp3) is 0.429. The summed E-state index contributed by atoms with van der Waals surface area (Å²) in [5, 5.41) is 3.90. The molecule has 0 aliphatic carbocycles. The van der Waals surface area contributed by atoms with Gasteiger partial charge in [-0.3, -0.25) is 4.90 Å². The van der Waals surface area contributed by atoms with Crippen molar-refractivity contribution in [3.63, 3.8) is 0 Å². The van der Waals surface area contributed by atoms with E-state index in [1.54, 1.807) is 12.1 Å². The predicted molar refractivity (Wildman–Crippen MR) is 73.9 cm³/mol. The molecule has 1 aliphatic heterocycles. The van der Waals surface area contributed by atoms with E-state index in [0.717, 1.165) is 13.1 Å². The van der Waals surface area contributed by atoms with Crippen LogP contribution in [0.5, 0.6) is 0 Å². The molecule has 1 saturated heterocycles. The van der Waals surface area contributed by atoms with Crippen LogP contribution in [0.15, 0.2) is 28.8 Å². The minimum absolute atomic E-state index is 0.280. The summed E-state index contributed by atoms with van der Waals surface area (Å²) >= 11 is 0. The lowest BCUT2D eigenvalue weighted by molar-refractivity contribution is 0.0348. The summed E-state index contributed by atoms with van der Waals surface area (Å²) in [4.78, 5) is 6.46. The van der Waals surface area contributed by atoms with Gasteiger partial charge in [0.15, 0.2) is 5.82 Å². The summed E-state index contributed by atoms with van der Waals surface area (Å²) in [6, 6.07) is 5.69. The Kier molecular flexibility index (Phi) is 4.23. The maximum atomic E-state index is 13.2. The second-order valence-electron chi connectivity index (χ2n) is 4.99. The number of hydrogen-bond donors (Lipinski definition) is 1. The van der Waals surface area contributed by atoms with Crippen LogP contribution in [0, 0.1) is 5.82 Å². The third-order valence-electron chi connectivity index (χ3n) is 3.40. The first-order valence-corrected chi connectivity index (χ1v) is 6.87. The Morgan fingerprint density at radius 1 is 1.33 bits per heavy atom. The van der Waals surface area contributed by atoms with E-state index in [2.05, 4.69) is 15.0 Å². The molecule has 0 bridgehead atoms. The van der Waals surface area contributed by atoms with Crippen LogP contribution in [0.3, 0.4) is 0 Å². The molecule has 7 heteroatoms. The zero-order valence-electron chi connectivity index (χ0n) is 11.5. The van der Waals surface area contributed by atoms with E-state index in [-0.39, 0.29) is 17.7 Å². The fourth-order valence-corrected chi connectivity index (χ4v) is 2.27. The minimum Gasteiger partial charge on any atom is -0.379 e. The molecule has 3 rings (SSSR count). The van der Waals surface area contributed by atoms with Gasteiger partial charge in [0, 0.05) is 25.2 Å². The molecule has 1 aliphatic rings. The maximum absolute atomic E-state index is 13.2. The zero-order valence-corrected chi connectivity index (χ0v) is 11.5. The lowest BCUT2D eigenvalue weighted by atomic mass is 10.2. The normalized spacial score (nSPS) is 17.8. The monoisotopic (exact) mass is 292 g/mol. The molecule has 1 aromatic heterocycles. The molecule has 0 saturated carbocycles. The molecule has 1 unspecified atom stereocenters. The van der Waals surface area contributed by atoms with Gasteiger partial charge in [-0.2, -0.15) is 4.98 Å². The van der Waals surface area contributed by atoms with Crippen molar-refractivity contribution in [1.29, 1.82) is 0 Å². The molecule has 2 N–H and O–H groups in total. The smallest absolute Gasteiger partial charge is 0.258 e. The van der Waals surface area contributed by atoms with Crippen LogP contribution < -0.4 is 5.73 Å². The molecule has 6 nitrogen and oxygen atoms in total. The third kappa shape index (κ3) is 3.44. The highest BCUT2D eigenvalue weighted by Gasteiger charge is 2.20. The van der Waals surface area contributed by atoms with E-state index in [9.17, 15) is 4.39 Å². The molecule has 112 valence electrons. The predicted octanol–water partition coefficient (Wildman–Crippen LogP) is 1.21. The summed E-state index contributed by atoms with van der Waals surface area (Å²) in [7, 11) is 0. The zero-order chi connectivity index (χ0) is 14.7. The Morgan fingerprint density at radius 2 is 2.14 bits per heavy atom. The van der Waals surface area contributed by atoms with Gasteiger partial charge in [-0.15, -0.1) is 0 Å². The third-order valence-corrected chi connectivity index (χ3v) is 3.40. The number of morpholine rings is 1. The first kappa shape index (κ1) is 14.1. The number of nitrogens with zero attached hydrogens (tertiary/aromatic N) is 3. The Hall–Kier alpha value is -1.83. The standard InChI is InChI=1S/C14H17FN4O2/c15-11-3-1-2-10(8-11)14-17-13(18-21-14)12(16)9-19-4-6-20-7-5-19/h1-3,8,12H,4-7,9,16H2. The van der Waals surface area contributed by atoms with E-state index < -0.39 is 0 Å². The van der Waals surface area contributed by atoms with Crippen LogP contribution in [0.4, 0.5) is 4.39 Å². The Bertz CT molecular complexity index is 598. The van der Waals surface area contributed by atoms with E-state index in [1.807, 2.05) is 0 Å². The highest BCUT2D eigenvalue weighted by atomic mass is 19.1. The SMILES string of the molecule is NC(CN1CCOCC1)c1noc(-c2cccc(F)c2)n1. The van der Waals surface area contributed by atoms with Crippen LogP contribution in [0.1, 0.15) is 11.9 Å². The molecule has 21 heavy (non-hydrogen) atoms. The second kappa shape index (κ2) is 6.30. The fourth-order valence-electron chi connectivity index (χ4n) is 2.27. The Morgan fingerprint density at radius 3 is 2.90 bits per heavy atom. The van der Waals surface area contributed by atoms with Gasteiger partial charge >= 0.3 is 0 Å². The molecule has 0 amide bonds. The summed E-state index contributed by atoms with van der Waals surface area (Å²) < 4.78 is 23.7. The maximum Gasteiger partial charge on any atom is 0.258 e. The van der Waals surface area contributed by atoms with Crippen LogP contribution in [0.25, 0.3) is 11.5 Å². The molecule has 1 atom stereocenters. The minimum atomic E-state index is -0.343. The number of ether oxygens (including phenoxy) is 1. The van der Waals surface area contributed by atoms with E-state index in [4.69, 9.17) is 15.0 Å². The van der Waals surface area contributed by atoms with Crippen molar-refractivity contribution in [3.8, 4) is 11.5 Å². The molecule has 0 radical (unpaired) electrons. The van der Waals surface area contributed by atoms with Gasteiger partial charge in [-0.1, -0.05) is 11.2 Å². The number of rotatable bonds is 4. The lowest BCUT2D eigenvalue weighted by Crippen LogP contribution is -2.40.